The summed E-state index contributed by atoms with van der Waals surface area (Å²) >= 11 is 0. The van der Waals surface area contributed by atoms with Crippen LogP contribution in [-0.2, 0) is 6.42 Å². The van der Waals surface area contributed by atoms with Crippen molar-refractivity contribution in [1.82, 2.24) is 25.4 Å². The number of carbonyl (C=O) groups is 1. The number of aromatic nitrogens is 3. The van der Waals surface area contributed by atoms with Gasteiger partial charge in [0.2, 0.25) is 5.82 Å². The lowest BCUT2D eigenvalue weighted by Crippen LogP contribution is -2.48. The predicted octanol–water partition coefficient (Wildman–Crippen LogP) is 1.34. The largest absolute Gasteiger partial charge is 0.349 e. The first-order valence-corrected chi connectivity index (χ1v) is 7.38. The maximum absolute atomic E-state index is 13.9. The van der Waals surface area contributed by atoms with Crippen LogP contribution in [0, 0.1) is 11.7 Å². The van der Waals surface area contributed by atoms with Crippen molar-refractivity contribution in [3.8, 4) is 5.69 Å². The van der Waals surface area contributed by atoms with Crippen LogP contribution >= 0.6 is 12.4 Å². The van der Waals surface area contributed by atoms with Gasteiger partial charge < -0.3 is 10.6 Å². The van der Waals surface area contributed by atoms with Crippen LogP contribution in [0.3, 0.4) is 0 Å². The molecule has 2 aromatic rings. The SMILES string of the molecule is CCc1nc(C(=O)NCC2CNC2)nn1-c1ccccc1F.Cl. The van der Waals surface area contributed by atoms with Gasteiger partial charge >= 0.3 is 0 Å². The minimum atomic E-state index is -0.394. The van der Waals surface area contributed by atoms with E-state index in [0.717, 1.165) is 13.1 Å². The molecule has 0 spiro atoms. The van der Waals surface area contributed by atoms with E-state index in [1.165, 1.54) is 10.7 Å². The smallest absolute Gasteiger partial charge is 0.290 e. The van der Waals surface area contributed by atoms with Gasteiger partial charge in [0.05, 0.1) is 0 Å². The van der Waals surface area contributed by atoms with Crippen molar-refractivity contribution < 1.29 is 9.18 Å². The van der Waals surface area contributed by atoms with Crippen molar-refractivity contribution in [1.29, 1.82) is 0 Å². The van der Waals surface area contributed by atoms with Crippen LogP contribution in [0.25, 0.3) is 5.69 Å². The van der Waals surface area contributed by atoms with E-state index in [9.17, 15) is 9.18 Å². The molecule has 1 aromatic heterocycles. The van der Waals surface area contributed by atoms with Crippen molar-refractivity contribution in [2.24, 2.45) is 5.92 Å². The van der Waals surface area contributed by atoms with Gasteiger partial charge in [0, 0.05) is 32.0 Å². The number of benzene rings is 1. The summed E-state index contributed by atoms with van der Waals surface area (Å²) < 4.78 is 15.3. The highest BCUT2D eigenvalue weighted by Crippen LogP contribution is 2.14. The van der Waals surface area contributed by atoms with E-state index in [2.05, 4.69) is 20.7 Å². The minimum absolute atomic E-state index is 0. The lowest BCUT2D eigenvalue weighted by molar-refractivity contribution is 0.0932. The van der Waals surface area contributed by atoms with Gasteiger partial charge in [-0.2, -0.15) is 0 Å². The molecular weight excluding hydrogens is 321 g/mol. The standard InChI is InChI=1S/C15H18FN5O.ClH/c1-2-13-19-14(15(22)18-9-10-7-17-8-10)20-21(13)12-6-4-3-5-11(12)16;/h3-6,10,17H,2,7-9H2,1H3,(H,18,22);1H. The van der Waals surface area contributed by atoms with Gasteiger partial charge in [0.25, 0.3) is 5.91 Å². The maximum atomic E-state index is 13.9. The van der Waals surface area contributed by atoms with Crippen LogP contribution in [0.5, 0.6) is 0 Å². The molecule has 23 heavy (non-hydrogen) atoms. The van der Waals surface area contributed by atoms with Crippen molar-refractivity contribution >= 4 is 18.3 Å². The lowest BCUT2D eigenvalue weighted by Gasteiger charge is -2.26. The normalized spacial score (nSPS) is 14.0. The highest BCUT2D eigenvalue weighted by Gasteiger charge is 2.21. The van der Waals surface area contributed by atoms with Gasteiger partial charge in [-0.1, -0.05) is 19.1 Å². The summed E-state index contributed by atoms with van der Waals surface area (Å²) in [6.45, 7) is 4.32. The van der Waals surface area contributed by atoms with Crippen molar-refractivity contribution in [2.45, 2.75) is 13.3 Å². The van der Waals surface area contributed by atoms with E-state index in [1.54, 1.807) is 18.2 Å². The van der Waals surface area contributed by atoms with Gasteiger partial charge in [-0.15, -0.1) is 17.5 Å². The molecule has 0 saturated carbocycles. The molecule has 0 atom stereocenters. The number of carbonyl (C=O) groups excluding carboxylic acids is 1. The molecule has 1 aromatic carbocycles. The summed E-state index contributed by atoms with van der Waals surface area (Å²) in [6, 6.07) is 6.31. The molecule has 0 aliphatic carbocycles. The second kappa shape index (κ2) is 7.52. The Labute approximate surface area is 139 Å². The van der Waals surface area contributed by atoms with E-state index in [-0.39, 0.29) is 24.1 Å². The highest BCUT2D eigenvalue weighted by atomic mass is 35.5. The number of hydrogen-bond acceptors (Lipinski definition) is 4. The molecular formula is C15H19ClFN5O. The average molecular weight is 340 g/mol. The van der Waals surface area contributed by atoms with Gasteiger partial charge in [0.1, 0.15) is 17.3 Å². The van der Waals surface area contributed by atoms with Gasteiger partial charge in [-0.05, 0) is 12.1 Å². The Morgan fingerprint density at radius 3 is 2.78 bits per heavy atom. The third-order valence-electron chi connectivity index (χ3n) is 3.69. The first kappa shape index (κ1) is 17.4. The van der Waals surface area contributed by atoms with Crippen LogP contribution in [0.2, 0.25) is 0 Å². The fourth-order valence-electron chi connectivity index (χ4n) is 2.29. The third-order valence-corrected chi connectivity index (χ3v) is 3.69. The van der Waals surface area contributed by atoms with Crippen LogP contribution in [0.4, 0.5) is 4.39 Å². The Morgan fingerprint density at radius 2 is 2.17 bits per heavy atom. The second-order valence-electron chi connectivity index (χ2n) is 5.30. The van der Waals surface area contributed by atoms with Gasteiger partial charge in [-0.3, -0.25) is 4.79 Å². The van der Waals surface area contributed by atoms with Crippen LogP contribution in [-0.4, -0.2) is 40.3 Å². The summed E-state index contributed by atoms with van der Waals surface area (Å²) in [5, 5.41) is 10.1. The molecule has 3 rings (SSSR count). The molecule has 1 saturated heterocycles. The number of hydrogen-bond donors (Lipinski definition) is 2. The minimum Gasteiger partial charge on any atom is -0.349 e. The average Bonchev–Trinajstić information content (AvgIpc) is 2.90. The molecule has 1 amide bonds. The number of amides is 1. The molecule has 6 nitrogen and oxygen atoms in total. The number of nitrogens with zero attached hydrogens (tertiary/aromatic N) is 3. The number of aryl methyl sites for hydroxylation is 1. The first-order chi connectivity index (χ1) is 10.7. The molecule has 0 bridgehead atoms. The summed E-state index contributed by atoms with van der Waals surface area (Å²) in [5.74, 6) is 0.377. The monoisotopic (exact) mass is 339 g/mol. The van der Waals surface area contributed by atoms with E-state index in [4.69, 9.17) is 0 Å². The van der Waals surface area contributed by atoms with E-state index in [0.29, 0.717) is 30.4 Å². The number of rotatable bonds is 5. The topological polar surface area (TPSA) is 71.8 Å². The van der Waals surface area contributed by atoms with E-state index < -0.39 is 5.82 Å². The molecule has 2 heterocycles. The fourth-order valence-corrected chi connectivity index (χ4v) is 2.29. The summed E-state index contributed by atoms with van der Waals surface area (Å²) in [5.41, 5.74) is 0.300. The Hall–Kier alpha value is -1.99. The summed E-state index contributed by atoms with van der Waals surface area (Å²) in [4.78, 5) is 16.3. The quantitative estimate of drug-likeness (QED) is 0.862. The molecule has 1 fully saturated rings. The first-order valence-electron chi connectivity index (χ1n) is 7.38. The zero-order chi connectivity index (χ0) is 15.5. The zero-order valence-corrected chi connectivity index (χ0v) is 13.6. The van der Waals surface area contributed by atoms with Crippen LogP contribution in [0.15, 0.2) is 24.3 Å². The van der Waals surface area contributed by atoms with Crippen molar-refractivity contribution in [2.75, 3.05) is 19.6 Å². The Morgan fingerprint density at radius 1 is 1.43 bits per heavy atom. The molecule has 0 unspecified atom stereocenters. The highest BCUT2D eigenvalue weighted by molar-refractivity contribution is 5.90. The van der Waals surface area contributed by atoms with Crippen LogP contribution in [0.1, 0.15) is 23.4 Å². The number of nitrogens with one attached hydrogen (secondary N) is 2. The number of halogens is 2. The van der Waals surface area contributed by atoms with E-state index >= 15 is 0 Å². The van der Waals surface area contributed by atoms with Crippen LogP contribution < -0.4 is 10.6 Å². The zero-order valence-electron chi connectivity index (χ0n) is 12.8. The molecule has 124 valence electrons. The van der Waals surface area contributed by atoms with E-state index in [1.807, 2.05) is 6.92 Å². The Bertz CT molecular complexity index is 686. The summed E-state index contributed by atoms with van der Waals surface area (Å²) in [7, 11) is 0. The summed E-state index contributed by atoms with van der Waals surface area (Å²) in [6.07, 6.45) is 0.557. The Balaban J connectivity index is 0.00000192. The maximum Gasteiger partial charge on any atom is 0.290 e. The van der Waals surface area contributed by atoms with Crippen molar-refractivity contribution in [3.05, 3.63) is 41.7 Å². The predicted molar refractivity (Wildman–Crippen MR) is 86.6 cm³/mol. The second-order valence-corrected chi connectivity index (χ2v) is 5.30. The lowest BCUT2D eigenvalue weighted by atomic mass is 10.0. The van der Waals surface area contributed by atoms with Gasteiger partial charge in [0.15, 0.2) is 0 Å². The fraction of sp³-hybridized carbons (Fsp3) is 0.400. The molecule has 1 aliphatic rings. The molecule has 8 heteroatoms. The molecule has 2 N–H and O–H groups in total. The van der Waals surface area contributed by atoms with Gasteiger partial charge in [-0.25, -0.2) is 14.1 Å². The number of para-hydroxylation sites is 1. The Kier molecular flexibility index (Phi) is 5.68. The third kappa shape index (κ3) is 3.68. The molecule has 0 radical (unpaired) electrons. The van der Waals surface area contributed by atoms with Crippen molar-refractivity contribution in [3.63, 3.8) is 0 Å². The molecule has 1 aliphatic heterocycles.